The molecule has 0 radical (unpaired) electrons. The standard InChI is InChI=1S/C14H24N5O12P3S/c1-2-3-35-14-17-11(15)8-12(18-14)19(5-16-8)13-10(21)9(20)7(30-13)4-29-34(27,28)31-33(25,26)6-32(22,23)24/h5,7,9-10,13,20-21H,2-4,6H2,1H3,(H,25,26)(H,27,28)(H2,15,17,18)(H2,22,23,24)/t7-,9-,10-,13-/m1/s1. The molecule has 198 valence electrons. The molecule has 0 aromatic carbocycles. The molecule has 2 aromatic heterocycles. The first kappa shape index (κ1) is 28.6. The zero-order valence-electron chi connectivity index (χ0n) is 18.0. The molecule has 1 fully saturated rings. The minimum Gasteiger partial charge on any atom is -0.387 e. The number of anilines is 1. The van der Waals surface area contributed by atoms with E-state index >= 15 is 0 Å². The number of nitrogen functional groups attached to an aromatic ring is 1. The molecule has 2 unspecified atom stereocenters. The SMILES string of the molecule is CCCSc1nc(N)c2ncn([C@@H]3O[C@H](COP(=O)(O)OP(=O)(O)CP(=O)(O)O)[C@@H](O)[C@H]3O)c2n1. The molecule has 0 amide bonds. The van der Waals surface area contributed by atoms with E-state index in [1.807, 2.05) is 6.92 Å². The summed E-state index contributed by atoms with van der Waals surface area (Å²) in [5, 5.41) is 21.2. The molecule has 35 heavy (non-hydrogen) atoms. The fourth-order valence-electron chi connectivity index (χ4n) is 3.07. The molecule has 1 aliphatic heterocycles. The van der Waals surface area contributed by atoms with Crippen molar-refractivity contribution in [2.75, 3.05) is 24.0 Å². The predicted octanol–water partition coefficient (Wildman–Crippen LogP) is -0.0160. The Bertz CT molecular complexity index is 1210. The smallest absolute Gasteiger partial charge is 0.387 e. The van der Waals surface area contributed by atoms with E-state index < -0.39 is 60.1 Å². The molecule has 21 heteroatoms. The Morgan fingerprint density at radius 2 is 1.86 bits per heavy atom. The van der Waals surface area contributed by atoms with Crippen LogP contribution in [0.5, 0.6) is 0 Å². The van der Waals surface area contributed by atoms with Crippen LogP contribution in [0.4, 0.5) is 5.82 Å². The molecular formula is C14H24N5O12P3S. The zero-order chi connectivity index (χ0) is 26.2. The van der Waals surface area contributed by atoms with E-state index in [9.17, 15) is 33.7 Å². The van der Waals surface area contributed by atoms with Gasteiger partial charge in [0.15, 0.2) is 28.8 Å². The van der Waals surface area contributed by atoms with Gasteiger partial charge in [0, 0.05) is 5.75 Å². The maximum absolute atomic E-state index is 12.0. The van der Waals surface area contributed by atoms with Gasteiger partial charge in [-0.05, 0) is 6.42 Å². The van der Waals surface area contributed by atoms with Crippen LogP contribution >= 0.6 is 34.8 Å². The van der Waals surface area contributed by atoms with E-state index in [0.29, 0.717) is 5.16 Å². The molecule has 0 aliphatic carbocycles. The van der Waals surface area contributed by atoms with Crippen molar-refractivity contribution in [2.45, 2.75) is 43.0 Å². The van der Waals surface area contributed by atoms with Gasteiger partial charge in [-0.3, -0.25) is 18.2 Å². The number of phosphoric acid groups is 1. The molecular weight excluding hydrogens is 555 g/mol. The highest BCUT2D eigenvalue weighted by atomic mass is 32.2. The zero-order valence-corrected chi connectivity index (χ0v) is 21.5. The van der Waals surface area contributed by atoms with Crippen molar-refractivity contribution < 1.29 is 57.1 Å². The summed E-state index contributed by atoms with van der Waals surface area (Å²) < 4.78 is 49.9. The third-order valence-electron chi connectivity index (χ3n) is 4.47. The number of phosphoric ester groups is 1. The van der Waals surface area contributed by atoms with E-state index in [1.165, 1.54) is 22.7 Å². The van der Waals surface area contributed by atoms with E-state index in [-0.39, 0.29) is 17.0 Å². The molecule has 3 heterocycles. The van der Waals surface area contributed by atoms with E-state index in [0.717, 1.165) is 12.2 Å². The molecule has 0 spiro atoms. The number of rotatable bonds is 11. The third-order valence-corrected chi connectivity index (χ3v) is 10.7. The fraction of sp³-hybridized carbons (Fsp3) is 0.643. The van der Waals surface area contributed by atoms with Gasteiger partial charge < -0.3 is 40.3 Å². The van der Waals surface area contributed by atoms with Gasteiger partial charge in [0.05, 0.1) is 12.9 Å². The number of ether oxygens (including phenoxy) is 1. The lowest BCUT2D eigenvalue weighted by molar-refractivity contribution is -0.0502. The van der Waals surface area contributed by atoms with Crippen LogP contribution in [0.15, 0.2) is 11.5 Å². The van der Waals surface area contributed by atoms with Crippen LogP contribution in [-0.2, 0) is 27.3 Å². The van der Waals surface area contributed by atoms with Gasteiger partial charge >= 0.3 is 23.0 Å². The van der Waals surface area contributed by atoms with Crippen LogP contribution < -0.4 is 5.73 Å². The number of fused-ring (bicyclic) bond motifs is 1. The lowest BCUT2D eigenvalue weighted by Crippen LogP contribution is -2.33. The van der Waals surface area contributed by atoms with Crippen molar-refractivity contribution in [3.63, 3.8) is 0 Å². The van der Waals surface area contributed by atoms with Gasteiger partial charge in [-0.25, -0.2) is 23.8 Å². The molecule has 2 aromatic rings. The van der Waals surface area contributed by atoms with E-state index in [2.05, 4.69) is 23.8 Å². The van der Waals surface area contributed by atoms with Crippen LogP contribution in [0.2, 0.25) is 0 Å². The van der Waals surface area contributed by atoms with Crippen molar-refractivity contribution in [1.82, 2.24) is 19.5 Å². The normalized spacial score (nSPS) is 26.6. The lowest BCUT2D eigenvalue weighted by atomic mass is 10.1. The Hall–Kier alpha value is -0.970. The molecule has 17 nitrogen and oxygen atoms in total. The minimum atomic E-state index is -5.33. The topological polar surface area (TPSA) is 270 Å². The molecule has 1 saturated heterocycles. The maximum atomic E-state index is 12.0. The number of hydrogen-bond acceptors (Lipinski definition) is 13. The number of hydrogen-bond donors (Lipinski definition) is 7. The Kier molecular flexibility index (Phi) is 8.82. The lowest BCUT2D eigenvalue weighted by Gasteiger charge is -2.19. The minimum absolute atomic E-state index is 0.0855. The molecule has 0 bridgehead atoms. The van der Waals surface area contributed by atoms with Gasteiger partial charge in [0.2, 0.25) is 0 Å². The van der Waals surface area contributed by atoms with Crippen molar-refractivity contribution >= 4 is 51.8 Å². The van der Waals surface area contributed by atoms with Crippen molar-refractivity contribution in [3.8, 4) is 0 Å². The second-order valence-corrected chi connectivity index (χ2v) is 14.0. The largest absolute Gasteiger partial charge is 0.479 e. The Balaban J connectivity index is 1.74. The first-order valence-electron chi connectivity index (χ1n) is 9.82. The molecule has 3 rings (SSSR count). The van der Waals surface area contributed by atoms with E-state index in [1.54, 1.807) is 0 Å². The van der Waals surface area contributed by atoms with Crippen molar-refractivity contribution in [1.29, 1.82) is 0 Å². The predicted molar refractivity (Wildman–Crippen MR) is 120 cm³/mol. The summed E-state index contributed by atoms with van der Waals surface area (Å²) >= 11 is 1.34. The number of aromatic nitrogens is 4. The average Bonchev–Trinajstić information content (AvgIpc) is 3.24. The van der Waals surface area contributed by atoms with Gasteiger partial charge in [-0.15, -0.1) is 0 Å². The summed E-state index contributed by atoms with van der Waals surface area (Å²) in [5.41, 5.74) is 6.35. The highest BCUT2D eigenvalue weighted by Crippen LogP contribution is 2.65. The maximum Gasteiger partial charge on any atom is 0.479 e. The molecule has 6 atom stereocenters. The van der Waals surface area contributed by atoms with Crippen molar-refractivity contribution in [3.05, 3.63) is 6.33 Å². The second kappa shape index (κ2) is 10.8. The molecule has 1 aliphatic rings. The summed E-state index contributed by atoms with van der Waals surface area (Å²) in [4.78, 5) is 49.2. The first-order chi connectivity index (χ1) is 16.1. The van der Waals surface area contributed by atoms with Crippen LogP contribution in [-0.4, -0.2) is 85.9 Å². The fourth-order valence-corrected chi connectivity index (χ4v) is 8.12. The van der Waals surface area contributed by atoms with Crippen LogP contribution in [0, 0.1) is 0 Å². The Morgan fingerprint density at radius 1 is 1.17 bits per heavy atom. The summed E-state index contributed by atoms with van der Waals surface area (Å²) in [6, 6.07) is 0. The first-order valence-corrected chi connectivity index (χ1v) is 15.9. The highest BCUT2D eigenvalue weighted by Gasteiger charge is 2.46. The van der Waals surface area contributed by atoms with Gasteiger partial charge in [-0.2, -0.15) is 0 Å². The number of nitrogens with zero attached hydrogens (tertiary/aromatic N) is 4. The summed E-state index contributed by atoms with van der Waals surface area (Å²) in [5.74, 6) is -0.908. The summed E-state index contributed by atoms with van der Waals surface area (Å²) in [6.07, 6.45) is -3.84. The van der Waals surface area contributed by atoms with Gasteiger partial charge in [-0.1, -0.05) is 18.7 Å². The van der Waals surface area contributed by atoms with Crippen LogP contribution in [0.25, 0.3) is 11.2 Å². The van der Waals surface area contributed by atoms with E-state index in [4.69, 9.17) is 20.3 Å². The quantitative estimate of drug-likeness (QED) is 0.105. The third kappa shape index (κ3) is 7.29. The van der Waals surface area contributed by atoms with Crippen LogP contribution in [0.1, 0.15) is 19.6 Å². The van der Waals surface area contributed by atoms with Crippen LogP contribution in [0.3, 0.4) is 0 Å². The number of thioether (sulfide) groups is 1. The second-order valence-electron chi connectivity index (χ2n) is 7.40. The summed E-state index contributed by atoms with van der Waals surface area (Å²) in [6.45, 7) is 1.07. The highest BCUT2D eigenvalue weighted by molar-refractivity contribution is 7.99. The van der Waals surface area contributed by atoms with Gasteiger partial charge in [0.25, 0.3) is 0 Å². The Morgan fingerprint density at radius 3 is 2.49 bits per heavy atom. The van der Waals surface area contributed by atoms with Gasteiger partial charge in [0.1, 0.15) is 23.8 Å². The monoisotopic (exact) mass is 579 g/mol. The summed E-state index contributed by atoms with van der Waals surface area (Å²) in [7, 11) is -15.6. The molecule has 8 N–H and O–H groups in total. The number of aliphatic hydroxyl groups is 2. The average molecular weight is 579 g/mol. The number of nitrogens with two attached hydrogens (primary N) is 1. The number of imidazole rings is 1. The Labute approximate surface area is 202 Å². The van der Waals surface area contributed by atoms with Crippen molar-refractivity contribution in [2.24, 2.45) is 0 Å². The molecule has 0 saturated carbocycles. The number of aliphatic hydroxyl groups excluding tert-OH is 2.